The van der Waals surface area contributed by atoms with Crippen molar-refractivity contribution >= 4 is 12.4 Å². The fourth-order valence-electron chi connectivity index (χ4n) is 1.43. The van der Waals surface area contributed by atoms with E-state index >= 15 is 0 Å². The smallest absolute Gasteiger partial charge is 0.00229 e. The molecule has 56 valence electrons. The fraction of sp³-hybridized carbons (Fsp3) is 1.00. The molecule has 1 aliphatic heterocycles. The van der Waals surface area contributed by atoms with Gasteiger partial charge in [-0.25, -0.2) is 0 Å². The molecular weight excluding hydrogens is 134 g/mol. The zero-order valence-electron chi connectivity index (χ0n) is 6.18. The summed E-state index contributed by atoms with van der Waals surface area (Å²) in [6, 6.07) is 0. The minimum absolute atomic E-state index is 0. The molecule has 1 N–H and O–H groups in total. The third-order valence-electron chi connectivity index (χ3n) is 1.79. The molecule has 0 amide bonds. The highest BCUT2D eigenvalue weighted by Crippen LogP contribution is 2.13. The summed E-state index contributed by atoms with van der Waals surface area (Å²) in [5.41, 5.74) is 0. The summed E-state index contributed by atoms with van der Waals surface area (Å²) < 4.78 is 0. The van der Waals surface area contributed by atoms with Crippen molar-refractivity contribution < 1.29 is 0 Å². The molecular formula is C7H16ClN. The number of nitrogens with one attached hydrogen (secondary N) is 1. The Kier molecular flexibility index (Phi) is 4.24. The van der Waals surface area contributed by atoms with Crippen molar-refractivity contribution in [1.82, 2.24) is 5.32 Å². The van der Waals surface area contributed by atoms with E-state index in [1.807, 2.05) is 0 Å². The number of piperidine rings is 1. The topological polar surface area (TPSA) is 12.0 Å². The van der Waals surface area contributed by atoms with E-state index in [2.05, 4.69) is 19.2 Å². The second-order valence-corrected chi connectivity index (χ2v) is 3.10. The molecule has 1 nitrogen and oxygen atoms in total. The van der Waals surface area contributed by atoms with Gasteiger partial charge in [0.1, 0.15) is 0 Å². The third kappa shape index (κ3) is 3.07. The second-order valence-electron chi connectivity index (χ2n) is 3.10. The van der Waals surface area contributed by atoms with Crippen molar-refractivity contribution in [3.8, 4) is 0 Å². The summed E-state index contributed by atoms with van der Waals surface area (Å²) in [5.74, 6) is 1.80. The zero-order chi connectivity index (χ0) is 5.98. The SMILES string of the molecule is C[C@@H]1CNC[C@@H](C)C1.Cl. The molecule has 0 aromatic carbocycles. The van der Waals surface area contributed by atoms with Crippen LogP contribution in [0.4, 0.5) is 0 Å². The molecule has 1 fully saturated rings. The lowest BCUT2D eigenvalue weighted by Gasteiger charge is -2.24. The molecule has 0 saturated carbocycles. The van der Waals surface area contributed by atoms with Crippen LogP contribution in [0.25, 0.3) is 0 Å². The first kappa shape index (κ1) is 9.25. The van der Waals surface area contributed by atoms with Crippen LogP contribution in [0.2, 0.25) is 0 Å². The van der Waals surface area contributed by atoms with Gasteiger partial charge >= 0.3 is 0 Å². The van der Waals surface area contributed by atoms with Crippen molar-refractivity contribution in [2.75, 3.05) is 13.1 Å². The minimum atomic E-state index is 0. The zero-order valence-corrected chi connectivity index (χ0v) is 7.00. The van der Waals surface area contributed by atoms with E-state index in [1.165, 1.54) is 19.5 Å². The first-order valence-corrected chi connectivity index (χ1v) is 3.49. The van der Waals surface area contributed by atoms with Gasteiger partial charge in [-0.2, -0.15) is 0 Å². The molecule has 1 saturated heterocycles. The van der Waals surface area contributed by atoms with Crippen molar-refractivity contribution in [3.63, 3.8) is 0 Å². The average Bonchev–Trinajstić information content (AvgIpc) is 1.64. The van der Waals surface area contributed by atoms with Crippen LogP contribution < -0.4 is 5.32 Å². The second kappa shape index (κ2) is 4.13. The van der Waals surface area contributed by atoms with Gasteiger partial charge in [0, 0.05) is 0 Å². The van der Waals surface area contributed by atoms with Crippen LogP contribution in [0, 0.1) is 11.8 Å². The quantitative estimate of drug-likeness (QED) is 0.553. The van der Waals surface area contributed by atoms with E-state index in [9.17, 15) is 0 Å². The molecule has 0 aromatic heterocycles. The lowest BCUT2D eigenvalue weighted by Crippen LogP contribution is -2.33. The van der Waals surface area contributed by atoms with E-state index in [0.29, 0.717) is 0 Å². The van der Waals surface area contributed by atoms with Gasteiger partial charge in [-0.1, -0.05) is 13.8 Å². The van der Waals surface area contributed by atoms with Crippen LogP contribution >= 0.6 is 12.4 Å². The standard InChI is InChI=1S/C7H15N.ClH/c1-6-3-7(2)5-8-4-6;/h6-8H,3-5H2,1-2H3;1H/t6-,7-;/m0./s1. The van der Waals surface area contributed by atoms with Crippen LogP contribution in [0.1, 0.15) is 20.3 Å². The van der Waals surface area contributed by atoms with Gasteiger partial charge in [0.05, 0.1) is 0 Å². The Balaban J connectivity index is 0.000000640. The van der Waals surface area contributed by atoms with Crippen LogP contribution in [0.15, 0.2) is 0 Å². The Labute approximate surface area is 63.6 Å². The summed E-state index contributed by atoms with van der Waals surface area (Å²) >= 11 is 0. The highest BCUT2D eigenvalue weighted by Gasteiger charge is 2.12. The Hall–Kier alpha value is 0.250. The highest BCUT2D eigenvalue weighted by molar-refractivity contribution is 5.85. The van der Waals surface area contributed by atoms with Crippen LogP contribution in [0.5, 0.6) is 0 Å². The maximum atomic E-state index is 3.38. The molecule has 0 spiro atoms. The molecule has 2 atom stereocenters. The summed E-state index contributed by atoms with van der Waals surface area (Å²) in [7, 11) is 0. The number of rotatable bonds is 0. The van der Waals surface area contributed by atoms with Crippen molar-refractivity contribution in [2.45, 2.75) is 20.3 Å². The summed E-state index contributed by atoms with van der Waals surface area (Å²) in [4.78, 5) is 0. The number of hydrogen-bond donors (Lipinski definition) is 1. The molecule has 2 heteroatoms. The lowest BCUT2D eigenvalue weighted by atomic mass is 9.94. The lowest BCUT2D eigenvalue weighted by molar-refractivity contribution is 0.321. The van der Waals surface area contributed by atoms with Gasteiger partial charge in [-0.15, -0.1) is 12.4 Å². The Morgan fingerprint density at radius 2 is 1.56 bits per heavy atom. The molecule has 0 bridgehead atoms. The largest absolute Gasteiger partial charge is 0.316 e. The van der Waals surface area contributed by atoms with Crippen LogP contribution in [-0.2, 0) is 0 Å². The summed E-state index contributed by atoms with van der Waals surface area (Å²) in [6.45, 7) is 7.07. The van der Waals surface area contributed by atoms with Crippen molar-refractivity contribution in [2.24, 2.45) is 11.8 Å². The van der Waals surface area contributed by atoms with Crippen LogP contribution in [-0.4, -0.2) is 13.1 Å². The van der Waals surface area contributed by atoms with E-state index < -0.39 is 0 Å². The number of halogens is 1. The third-order valence-corrected chi connectivity index (χ3v) is 1.79. The maximum absolute atomic E-state index is 3.38. The van der Waals surface area contributed by atoms with Crippen molar-refractivity contribution in [1.29, 1.82) is 0 Å². The first-order chi connectivity index (χ1) is 3.79. The van der Waals surface area contributed by atoms with Crippen molar-refractivity contribution in [3.05, 3.63) is 0 Å². The molecule has 0 unspecified atom stereocenters. The molecule has 0 aliphatic carbocycles. The van der Waals surface area contributed by atoms with E-state index in [1.54, 1.807) is 0 Å². The fourth-order valence-corrected chi connectivity index (χ4v) is 1.43. The van der Waals surface area contributed by atoms with E-state index in [-0.39, 0.29) is 12.4 Å². The number of hydrogen-bond acceptors (Lipinski definition) is 1. The van der Waals surface area contributed by atoms with Gasteiger partial charge in [0.2, 0.25) is 0 Å². The predicted octanol–water partition coefficient (Wildman–Crippen LogP) is 1.67. The van der Waals surface area contributed by atoms with Gasteiger partial charge < -0.3 is 5.32 Å². The summed E-state index contributed by atoms with van der Waals surface area (Å²) in [6.07, 6.45) is 1.41. The Bertz CT molecular complexity index is 67.3. The molecule has 9 heavy (non-hydrogen) atoms. The molecule has 1 heterocycles. The monoisotopic (exact) mass is 149 g/mol. The van der Waals surface area contributed by atoms with Gasteiger partial charge in [-0.3, -0.25) is 0 Å². The first-order valence-electron chi connectivity index (χ1n) is 3.49. The highest BCUT2D eigenvalue weighted by atomic mass is 35.5. The van der Waals surface area contributed by atoms with Gasteiger partial charge in [0.25, 0.3) is 0 Å². The predicted molar refractivity (Wildman–Crippen MR) is 43.1 cm³/mol. The Morgan fingerprint density at radius 1 is 1.11 bits per heavy atom. The average molecular weight is 150 g/mol. The van der Waals surface area contributed by atoms with E-state index in [0.717, 1.165) is 11.8 Å². The molecule has 0 aromatic rings. The van der Waals surface area contributed by atoms with Crippen LogP contribution in [0.3, 0.4) is 0 Å². The normalized spacial score (nSPS) is 35.3. The molecule has 0 radical (unpaired) electrons. The summed E-state index contributed by atoms with van der Waals surface area (Å²) in [5, 5.41) is 3.38. The maximum Gasteiger partial charge on any atom is -0.00229 e. The Morgan fingerprint density at radius 3 is 1.78 bits per heavy atom. The minimum Gasteiger partial charge on any atom is -0.316 e. The van der Waals surface area contributed by atoms with Gasteiger partial charge in [0.15, 0.2) is 0 Å². The molecule has 1 rings (SSSR count). The van der Waals surface area contributed by atoms with Gasteiger partial charge in [-0.05, 0) is 31.3 Å². The molecule has 1 aliphatic rings. The van der Waals surface area contributed by atoms with E-state index in [4.69, 9.17) is 0 Å².